The van der Waals surface area contributed by atoms with Gasteiger partial charge in [-0.2, -0.15) is 0 Å². The topological polar surface area (TPSA) is 71.3 Å². The number of benzene rings is 2. The van der Waals surface area contributed by atoms with E-state index in [4.69, 9.17) is 4.42 Å². The van der Waals surface area contributed by atoms with E-state index in [2.05, 4.69) is 10.6 Å². The van der Waals surface area contributed by atoms with Crippen molar-refractivity contribution in [2.45, 2.75) is 19.0 Å². The number of amides is 2. The predicted octanol–water partition coefficient (Wildman–Crippen LogP) is 3.08. The van der Waals surface area contributed by atoms with Crippen molar-refractivity contribution in [1.29, 1.82) is 0 Å². The molecule has 0 bridgehead atoms. The fourth-order valence-corrected chi connectivity index (χ4v) is 2.61. The van der Waals surface area contributed by atoms with Crippen LogP contribution in [0.15, 0.2) is 77.4 Å². The van der Waals surface area contributed by atoms with Crippen molar-refractivity contribution in [2.75, 3.05) is 0 Å². The molecule has 0 aliphatic heterocycles. The third kappa shape index (κ3) is 5.28. The minimum Gasteiger partial charge on any atom is -0.467 e. The Bertz CT molecular complexity index is 878. The van der Waals surface area contributed by atoms with Gasteiger partial charge in [0.2, 0.25) is 5.91 Å². The number of carbonyl (C=O) groups excluding carboxylic acids is 2. The maximum Gasteiger partial charge on any atom is 0.251 e. The van der Waals surface area contributed by atoms with Crippen molar-refractivity contribution in [3.8, 4) is 0 Å². The normalized spacial score (nSPS) is 11.6. The van der Waals surface area contributed by atoms with Crippen LogP contribution in [0.3, 0.4) is 0 Å². The number of nitrogens with one attached hydrogen (secondary N) is 2. The van der Waals surface area contributed by atoms with Gasteiger partial charge in [-0.3, -0.25) is 9.59 Å². The van der Waals surface area contributed by atoms with Gasteiger partial charge in [-0.05, 0) is 42.0 Å². The van der Waals surface area contributed by atoms with Crippen LogP contribution in [0, 0.1) is 5.82 Å². The Morgan fingerprint density at radius 2 is 1.70 bits per heavy atom. The molecule has 2 aromatic carbocycles. The standard InChI is InChI=1S/C21H19FN2O3/c22-17-10-8-16(9-11-17)20(25)24-19(13-15-5-2-1-3-6-15)21(26)23-14-18-7-4-12-27-18/h1-12,19H,13-14H2,(H,23,26)(H,24,25)/t19-/m0/s1. The molecule has 6 heteroatoms. The number of halogens is 1. The van der Waals surface area contributed by atoms with E-state index < -0.39 is 17.8 Å². The lowest BCUT2D eigenvalue weighted by Crippen LogP contribution is -2.47. The first kappa shape index (κ1) is 18.4. The summed E-state index contributed by atoms with van der Waals surface area (Å²) >= 11 is 0. The Kier molecular flexibility index (Phi) is 5.99. The fraction of sp³-hybridized carbons (Fsp3) is 0.143. The van der Waals surface area contributed by atoms with Crippen LogP contribution < -0.4 is 10.6 Å². The minimum atomic E-state index is -0.778. The number of hydrogen-bond donors (Lipinski definition) is 2. The third-order valence-corrected chi connectivity index (χ3v) is 4.03. The number of carbonyl (C=O) groups is 2. The van der Waals surface area contributed by atoms with Gasteiger partial charge in [-0.1, -0.05) is 30.3 Å². The summed E-state index contributed by atoms with van der Waals surface area (Å²) in [4.78, 5) is 25.1. The zero-order valence-corrected chi connectivity index (χ0v) is 14.5. The van der Waals surface area contributed by atoms with E-state index in [0.29, 0.717) is 12.2 Å². The van der Waals surface area contributed by atoms with Gasteiger partial charge in [-0.15, -0.1) is 0 Å². The summed E-state index contributed by atoms with van der Waals surface area (Å²) in [5.74, 6) is -0.579. The molecule has 0 aliphatic carbocycles. The van der Waals surface area contributed by atoms with E-state index >= 15 is 0 Å². The summed E-state index contributed by atoms with van der Waals surface area (Å²) in [5.41, 5.74) is 1.20. The third-order valence-electron chi connectivity index (χ3n) is 4.03. The molecule has 0 spiro atoms. The Balaban J connectivity index is 1.70. The SMILES string of the molecule is O=C(N[C@@H](Cc1ccccc1)C(=O)NCc1ccco1)c1ccc(F)cc1. The minimum absolute atomic E-state index is 0.226. The summed E-state index contributed by atoms with van der Waals surface area (Å²) in [6.45, 7) is 0.226. The molecule has 138 valence electrons. The smallest absolute Gasteiger partial charge is 0.251 e. The van der Waals surface area contributed by atoms with E-state index in [1.54, 1.807) is 12.1 Å². The molecule has 0 fully saturated rings. The van der Waals surface area contributed by atoms with Crippen LogP contribution in [0.5, 0.6) is 0 Å². The molecule has 1 aromatic heterocycles. The van der Waals surface area contributed by atoms with Gasteiger partial charge < -0.3 is 15.1 Å². The van der Waals surface area contributed by atoms with Crippen molar-refractivity contribution in [2.24, 2.45) is 0 Å². The van der Waals surface area contributed by atoms with Gasteiger partial charge in [-0.25, -0.2) is 4.39 Å². The Hall–Kier alpha value is -3.41. The lowest BCUT2D eigenvalue weighted by Gasteiger charge is -2.18. The Morgan fingerprint density at radius 1 is 0.963 bits per heavy atom. The summed E-state index contributed by atoms with van der Waals surface area (Å²) < 4.78 is 18.3. The molecule has 3 rings (SSSR count). The quantitative estimate of drug-likeness (QED) is 0.675. The van der Waals surface area contributed by atoms with Gasteiger partial charge in [0, 0.05) is 12.0 Å². The van der Waals surface area contributed by atoms with Gasteiger partial charge >= 0.3 is 0 Å². The molecule has 2 N–H and O–H groups in total. The largest absolute Gasteiger partial charge is 0.467 e. The van der Waals surface area contributed by atoms with E-state index in [0.717, 1.165) is 5.56 Å². The number of hydrogen-bond acceptors (Lipinski definition) is 3. The molecule has 2 amide bonds. The molecule has 0 aliphatic rings. The molecular formula is C21H19FN2O3. The van der Waals surface area contributed by atoms with Crippen LogP contribution in [-0.2, 0) is 17.8 Å². The lowest BCUT2D eigenvalue weighted by molar-refractivity contribution is -0.123. The monoisotopic (exact) mass is 366 g/mol. The van der Waals surface area contributed by atoms with Crippen LogP contribution in [0.2, 0.25) is 0 Å². The highest BCUT2D eigenvalue weighted by Crippen LogP contribution is 2.07. The van der Waals surface area contributed by atoms with Crippen molar-refractivity contribution < 1.29 is 18.4 Å². The molecule has 1 atom stereocenters. The van der Waals surface area contributed by atoms with Crippen LogP contribution >= 0.6 is 0 Å². The highest BCUT2D eigenvalue weighted by Gasteiger charge is 2.22. The number of furan rings is 1. The average Bonchev–Trinajstić information content (AvgIpc) is 3.20. The molecule has 0 saturated heterocycles. The summed E-state index contributed by atoms with van der Waals surface area (Å²) in [6, 6.07) is 17.3. The second-order valence-electron chi connectivity index (χ2n) is 6.02. The Morgan fingerprint density at radius 3 is 2.37 bits per heavy atom. The first-order valence-corrected chi connectivity index (χ1v) is 8.52. The second kappa shape index (κ2) is 8.80. The van der Waals surface area contributed by atoms with Gasteiger partial charge in [0.25, 0.3) is 5.91 Å². The lowest BCUT2D eigenvalue weighted by atomic mass is 10.0. The summed E-state index contributed by atoms with van der Waals surface area (Å²) in [6.07, 6.45) is 1.86. The van der Waals surface area contributed by atoms with Gasteiger partial charge in [0.1, 0.15) is 17.6 Å². The van der Waals surface area contributed by atoms with E-state index in [9.17, 15) is 14.0 Å². The predicted molar refractivity (Wildman–Crippen MR) is 98.4 cm³/mol. The van der Waals surface area contributed by atoms with Crippen molar-refractivity contribution in [3.05, 3.63) is 95.7 Å². The zero-order chi connectivity index (χ0) is 19.1. The van der Waals surface area contributed by atoms with Crippen LogP contribution in [0.4, 0.5) is 4.39 Å². The first-order chi connectivity index (χ1) is 13.1. The maximum atomic E-state index is 13.1. The van der Waals surface area contributed by atoms with Crippen molar-refractivity contribution in [1.82, 2.24) is 10.6 Å². The summed E-state index contributed by atoms with van der Waals surface area (Å²) in [7, 11) is 0. The molecule has 0 saturated carbocycles. The highest BCUT2D eigenvalue weighted by atomic mass is 19.1. The van der Waals surface area contributed by atoms with Crippen molar-refractivity contribution >= 4 is 11.8 Å². The fourth-order valence-electron chi connectivity index (χ4n) is 2.61. The van der Waals surface area contributed by atoms with Crippen LogP contribution in [0.1, 0.15) is 21.7 Å². The van der Waals surface area contributed by atoms with Gasteiger partial charge in [0.15, 0.2) is 0 Å². The second-order valence-corrected chi connectivity index (χ2v) is 6.02. The maximum absolute atomic E-state index is 13.1. The molecule has 5 nitrogen and oxygen atoms in total. The van der Waals surface area contributed by atoms with E-state index in [-0.39, 0.29) is 18.0 Å². The van der Waals surface area contributed by atoms with E-state index in [1.807, 2.05) is 30.3 Å². The highest BCUT2D eigenvalue weighted by molar-refractivity contribution is 5.97. The molecule has 27 heavy (non-hydrogen) atoms. The Labute approximate surface area is 156 Å². The molecule has 3 aromatic rings. The number of rotatable bonds is 7. The molecule has 0 unspecified atom stereocenters. The molecular weight excluding hydrogens is 347 g/mol. The zero-order valence-electron chi connectivity index (χ0n) is 14.5. The van der Waals surface area contributed by atoms with Crippen LogP contribution in [-0.4, -0.2) is 17.9 Å². The van der Waals surface area contributed by atoms with Crippen LogP contribution in [0.25, 0.3) is 0 Å². The summed E-state index contributed by atoms with van der Waals surface area (Å²) in [5, 5.41) is 5.49. The van der Waals surface area contributed by atoms with Gasteiger partial charge in [0.05, 0.1) is 12.8 Å². The average molecular weight is 366 g/mol. The van der Waals surface area contributed by atoms with Crippen molar-refractivity contribution in [3.63, 3.8) is 0 Å². The van der Waals surface area contributed by atoms with E-state index in [1.165, 1.54) is 30.5 Å². The molecule has 1 heterocycles. The first-order valence-electron chi connectivity index (χ1n) is 8.52. The molecule has 0 radical (unpaired) electrons.